The molecule has 0 atom stereocenters. The summed E-state index contributed by atoms with van der Waals surface area (Å²) in [5.41, 5.74) is 2.79. The highest BCUT2D eigenvalue weighted by atomic mass is 79.9. The van der Waals surface area contributed by atoms with Crippen LogP contribution in [0.25, 0.3) is 0 Å². The minimum atomic E-state index is -1.08. The fourth-order valence-electron chi connectivity index (χ4n) is 4.08. The Morgan fingerprint density at radius 2 is 1.62 bits per heavy atom. The van der Waals surface area contributed by atoms with Crippen molar-refractivity contribution >= 4 is 68.4 Å². The molecule has 12 heteroatoms. The van der Waals surface area contributed by atoms with Crippen molar-refractivity contribution in [2.24, 2.45) is 0 Å². The summed E-state index contributed by atoms with van der Waals surface area (Å²) in [6.45, 7) is -0.352. The van der Waals surface area contributed by atoms with Crippen LogP contribution in [0, 0.1) is 0 Å². The predicted octanol–water partition coefficient (Wildman–Crippen LogP) is 4.17. The number of rotatable bonds is 8. The first-order chi connectivity index (χ1) is 19.1. The smallest absolute Gasteiger partial charge is 0.323 e. The molecule has 40 heavy (non-hydrogen) atoms. The largest absolute Gasteiger partial charge is 0.481 e. The fourth-order valence-corrected chi connectivity index (χ4v) is 4.46. The molecule has 0 radical (unpaired) electrons. The van der Waals surface area contributed by atoms with Gasteiger partial charge in [-0.05, 0) is 64.0 Å². The standard InChI is InChI=1S/C28H26BrN5O6/c1-33-23-11-10-19(15-20(23)27(39)34(16-25(33)36)13-12-26(37)38)30-24(35)14-17-6-8-18(9-7-17)31-28(40)32-22-5-3-2-4-21(22)29/h2-11,15H,12-14,16H2,1H3,(H,30,35)(H,37,38)(H2,31,32,40). The van der Waals surface area contributed by atoms with Crippen molar-refractivity contribution in [1.82, 2.24) is 4.90 Å². The van der Waals surface area contributed by atoms with Gasteiger partial charge in [0.1, 0.15) is 6.54 Å². The molecule has 0 fully saturated rings. The molecule has 1 heterocycles. The van der Waals surface area contributed by atoms with E-state index in [2.05, 4.69) is 31.9 Å². The van der Waals surface area contributed by atoms with Gasteiger partial charge in [-0.1, -0.05) is 24.3 Å². The van der Waals surface area contributed by atoms with Crippen LogP contribution in [0.2, 0.25) is 0 Å². The highest BCUT2D eigenvalue weighted by Crippen LogP contribution is 2.28. The highest BCUT2D eigenvalue weighted by molar-refractivity contribution is 9.10. The number of anilines is 4. The number of nitrogens with zero attached hydrogens (tertiary/aromatic N) is 2. The highest BCUT2D eigenvalue weighted by Gasteiger charge is 2.30. The molecule has 3 aromatic carbocycles. The second-order valence-corrected chi connectivity index (χ2v) is 9.89. The second-order valence-electron chi connectivity index (χ2n) is 9.04. The van der Waals surface area contributed by atoms with Crippen molar-refractivity contribution in [3.8, 4) is 0 Å². The molecule has 0 saturated carbocycles. The summed E-state index contributed by atoms with van der Waals surface area (Å²) in [6, 6.07) is 18.3. The molecule has 206 valence electrons. The molecule has 11 nitrogen and oxygen atoms in total. The monoisotopic (exact) mass is 607 g/mol. The number of aliphatic carboxylic acids is 1. The van der Waals surface area contributed by atoms with Gasteiger partial charge in [0, 0.05) is 29.4 Å². The average molecular weight is 608 g/mol. The van der Waals surface area contributed by atoms with Crippen LogP contribution >= 0.6 is 15.9 Å². The fraction of sp³-hybridized carbons (Fsp3) is 0.179. The predicted molar refractivity (Wildman–Crippen MR) is 154 cm³/mol. The lowest BCUT2D eigenvalue weighted by atomic mass is 10.1. The van der Waals surface area contributed by atoms with Crippen molar-refractivity contribution < 1.29 is 29.1 Å². The summed E-state index contributed by atoms with van der Waals surface area (Å²) < 4.78 is 0.751. The van der Waals surface area contributed by atoms with Gasteiger partial charge in [0.2, 0.25) is 11.8 Å². The molecule has 0 aliphatic carbocycles. The van der Waals surface area contributed by atoms with E-state index in [1.807, 2.05) is 12.1 Å². The van der Waals surface area contributed by atoms with Gasteiger partial charge in [-0.2, -0.15) is 0 Å². The quantitative estimate of drug-likeness (QED) is 0.302. The van der Waals surface area contributed by atoms with E-state index in [0.717, 1.165) is 4.47 Å². The van der Waals surface area contributed by atoms with Crippen LogP contribution in [-0.2, 0) is 20.8 Å². The van der Waals surface area contributed by atoms with Crippen LogP contribution in [0.15, 0.2) is 71.2 Å². The summed E-state index contributed by atoms with van der Waals surface area (Å²) >= 11 is 3.38. The Morgan fingerprint density at radius 3 is 2.33 bits per heavy atom. The van der Waals surface area contributed by atoms with Crippen LogP contribution < -0.4 is 20.9 Å². The lowest BCUT2D eigenvalue weighted by Gasteiger charge is -2.19. The number of hydrogen-bond donors (Lipinski definition) is 4. The van der Waals surface area contributed by atoms with Crippen molar-refractivity contribution in [2.45, 2.75) is 12.8 Å². The minimum absolute atomic E-state index is 0.0393. The van der Waals surface area contributed by atoms with Gasteiger partial charge >= 0.3 is 12.0 Å². The van der Waals surface area contributed by atoms with Crippen molar-refractivity contribution in [1.29, 1.82) is 0 Å². The number of para-hydroxylation sites is 1. The maximum atomic E-state index is 13.1. The summed E-state index contributed by atoms with van der Waals surface area (Å²) in [6.07, 6.45) is -0.254. The molecule has 0 spiro atoms. The molecule has 3 aromatic rings. The molecule has 4 rings (SSSR count). The number of carbonyl (C=O) groups is 5. The lowest BCUT2D eigenvalue weighted by molar-refractivity contribution is -0.137. The zero-order valence-corrected chi connectivity index (χ0v) is 23.0. The average Bonchev–Trinajstić information content (AvgIpc) is 3.00. The number of halogens is 1. The summed E-state index contributed by atoms with van der Waals surface area (Å²) in [5, 5.41) is 17.2. The molecular formula is C28H26BrN5O6. The maximum Gasteiger partial charge on any atom is 0.323 e. The first-order valence-electron chi connectivity index (χ1n) is 12.2. The van der Waals surface area contributed by atoms with Crippen LogP contribution in [0.5, 0.6) is 0 Å². The Hall–Kier alpha value is -4.71. The van der Waals surface area contributed by atoms with Gasteiger partial charge in [0.25, 0.3) is 5.91 Å². The Bertz CT molecular complexity index is 1480. The van der Waals surface area contributed by atoms with E-state index in [1.165, 1.54) is 22.9 Å². The van der Waals surface area contributed by atoms with E-state index in [0.29, 0.717) is 28.3 Å². The van der Waals surface area contributed by atoms with Crippen LogP contribution in [0.3, 0.4) is 0 Å². The zero-order valence-electron chi connectivity index (χ0n) is 21.4. The van der Waals surface area contributed by atoms with E-state index in [-0.39, 0.29) is 43.3 Å². The van der Waals surface area contributed by atoms with E-state index in [1.54, 1.807) is 48.5 Å². The molecule has 4 N–H and O–H groups in total. The molecule has 5 amide bonds. The summed E-state index contributed by atoms with van der Waals surface area (Å²) in [7, 11) is 1.54. The SMILES string of the molecule is CN1C(=O)CN(CCC(=O)O)C(=O)c2cc(NC(=O)Cc3ccc(NC(=O)Nc4ccccc4Br)cc3)ccc21. The number of hydrogen-bond acceptors (Lipinski definition) is 5. The van der Waals surface area contributed by atoms with Crippen molar-refractivity contribution in [3.63, 3.8) is 0 Å². The van der Waals surface area contributed by atoms with Crippen LogP contribution in [0.1, 0.15) is 22.3 Å². The molecule has 0 saturated heterocycles. The number of carbonyl (C=O) groups excluding carboxylic acids is 4. The third-order valence-electron chi connectivity index (χ3n) is 6.15. The summed E-state index contributed by atoms with van der Waals surface area (Å²) in [5.74, 6) is -2.25. The van der Waals surface area contributed by atoms with Crippen molar-refractivity contribution in [3.05, 3.63) is 82.3 Å². The van der Waals surface area contributed by atoms with Gasteiger partial charge < -0.3 is 30.9 Å². The molecule has 0 aromatic heterocycles. The lowest BCUT2D eigenvalue weighted by Crippen LogP contribution is -2.38. The Balaban J connectivity index is 1.38. The third-order valence-corrected chi connectivity index (χ3v) is 6.85. The zero-order chi connectivity index (χ0) is 28.8. The van der Waals surface area contributed by atoms with Gasteiger partial charge in [-0.3, -0.25) is 19.2 Å². The molecule has 1 aliphatic rings. The van der Waals surface area contributed by atoms with E-state index >= 15 is 0 Å². The maximum absolute atomic E-state index is 13.1. The molecular weight excluding hydrogens is 582 g/mol. The number of carboxylic acids is 1. The Labute approximate surface area is 238 Å². The normalized spacial score (nSPS) is 12.8. The van der Waals surface area contributed by atoms with Crippen molar-refractivity contribution in [2.75, 3.05) is 41.0 Å². The first-order valence-corrected chi connectivity index (χ1v) is 13.0. The third kappa shape index (κ3) is 7.03. The molecule has 0 unspecified atom stereocenters. The van der Waals surface area contributed by atoms with Gasteiger partial charge in [-0.25, -0.2) is 4.79 Å². The van der Waals surface area contributed by atoms with E-state index < -0.39 is 17.9 Å². The van der Waals surface area contributed by atoms with Gasteiger partial charge in [0.05, 0.1) is 29.8 Å². The number of likely N-dealkylation sites (N-methyl/N-ethyl adjacent to an activating group) is 1. The van der Waals surface area contributed by atoms with Crippen LogP contribution in [-0.4, -0.2) is 59.9 Å². The number of nitrogens with one attached hydrogen (secondary N) is 3. The molecule has 1 aliphatic heterocycles. The molecule has 0 bridgehead atoms. The second kappa shape index (κ2) is 12.4. The van der Waals surface area contributed by atoms with E-state index in [9.17, 15) is 24.0 Å². The summed E-state index contributed by atoms with van der Waals surface area (Å²) in [4.78, 5) is 64.2. The van der Waals surface area contributed by atoms with E-state index in [4.69, 9.17) is 5.11 Å². The number of amides is 5. The minimum Gasteiger partial charge on any atom is -0.481 e. The number of carboxylic acid groups (broad SMARTS) is 1. The van der Waals surface area contributed by atoms with Crippen LogP contribution in [0.4, 0.5) is 27.5 Å². The topological polar surface area (TPSA) is 148 Å². The first kappa shape index (κ1) is 28.3. The Morgan fingerprint density at radius 1 is 0.925 bits per heavy atom. The number of benzene rings is 3. The number of urea groups is 1. The van der Waals surface area contributed by atoms with Gasteiger partial charge in [-0.15, -0.1) is 0 Å². The Kier molecular flexibility index (Phi) is 8.80. The van der Waals surface area contributed by atoms with Gasteiger partial charge in [0.15, 0.2) is 0 Å². The number of fused-ring (bicyclic) bond motifs is 1.